The first-order valence-electron chi connectivity index (χ1n) is 6.59. The van der Waals surface area contributed by atoms with E-state index < -0.39 is 0 Å². The summed E-state index contributed by atoms with van der Waals surface area (Å²) in [6.45, 7) is 3.39. The van der Waals surface area contributed by atoms with Crippen LogP contribution in [0.15, 0.2) is 12.4 Å². The van der Waals surface area contributed by atoms with Crippen LogP contribution < -0.4 is 0 Å². The van der Waals surface area contributed by atoms with Gasteiger partial charge in [-0.2, -0.15) is 0 Å². The molecule has 1 saturated heterocycles. The minimum atomic E-state index is -0.0783. The van der Waals surface area contributed by atoms with Crippen molar-refractivity contribution in [2.45, 2.75) is 12.6 Å². The zero-order valence-corrected chi connectivity index (χ0v) is 12.2. The number of carbonyl (C=O) groups is 1. The van der Waals surface area contributed by atoms with Gasteiger partial charge in [0.15, 0.2) is 0 Å². The minimum Gasteiger partial charge on any atom is -0.347 e. The van der Waals surface area contributed by atoms with Crippen LogP contribution in [0, 0.1) is 0 Å². The van der Waals surface area contributed by atoms with Crippen LogP contribution in [0.5, 0.6) is 0 Å². The first-order chi connectivity index (χ1) is 8.99. The molecule has 0 aliphatic carbocycles. The first-order valence-corrected chi connectivity index (χ1v) is 6.59. The fourth-order valence-electron chi connectivity index (χ4n) is 2.41. The van der Waals surface area contributed by atoms with Gasteiger partial charge in [-0.25, -0.2) is 4.98 Å². The number of imidazole rings is 1. The lowest BCUT2D eigenvalue weighted by molar-refractivity contribution is -0.137. The number of rotatable bonds is 3. The third-order valence-corrected chi connectivity index (χ3v) is 3.69. The highest BCUT2D eigenvalue weighted by Crippen LogP contribution is 2.13. The zero-order chi connectivity index (χ0) is 14.0. The van der Waals surface area contributed by atoms with E-state index in [-0.39, 0.29) is 11.9 Å². The highest BCUT2D eigenvalue weighted by molar-refractivity contribution is 5.81. The number of amides is 1. The Balaban J connectivity index is 2.12. The van der Waals surface area contributed by atoms with Crippen molar-refractivity contribution < 1.29 is 4.79 Å². The Morgan fingerprint density at radius 3 is 2.74 bits per heavy atom. The molecule has 0 aromatic carbocycles. The Hall–Kier alpha value is -1.40. The van der Waals surface area contributed by atoms with Gasteiger partial charge in [-0.05, 0) is 7.05 Å². The van der Waals surface area contributed by atoms with E-state index in [1.165, 1.54) is 0 Å². The minimum absolute atomic E-state index is 0.0783. The fourth-order valence-corrected chi connectivity index (χ4v) is 2.41. The molecule has 19 heavy (non-hydrogen) atoms. The number of hydrogen-bond acceptors (Lipinski definition) is 4. The maximum atomic E-state index is 12.3. The van der Waals surface area contributed by atoms with Gasteiger partial charge in [-0.1, -0.05) is 0 Å². The molecule has 0 radical (unpaired) electrons. The second kappa shape index (κ2) is 5.71. The largest absolute Gasteiger partial charge is 0.347 e. The van der Waals surface area contributed by atoms with Gasteiger partial charge >= 0.3 is 0 Å². The van der Waals surface area contributed by atoms with Gasteiger partial charge in [0.25, 0.3) is 0 Å². The van der Waals surface area contributed by atoms with Gasteiger partial charge in [0, 0.05) is 53.2 Å². The molecule has 6 heteroatoms. The summed E-state index contributed by atoms with van der Waals surface area (Å²) >= 11 is 0. The standard InChI is InChI=1S/C13H23N5O/c1-15(2)13(19)11-9-16(3)7-8-18(11)10-12-14-5-6-17(12)4/h5-6,11H,7-10H2,1-4H3. The molecule has 1 aromatic heterocycles. The molecule has 0 N–H and O–H groups in total. The molecule has 0 spiro atoms. The topological polar surface area (TPSA) is 44.6 Å². The van der Waals surface area contributed by atoms with Crippen molar-refractivity contribution in [1.82, 2.24) is 24.3 Å². The van der Waals surface area contributed by atoms with Crippen molar-refractivity contribution in [3.63, 3.8) is 0 Å². The van der Waals surface area contributed by atoms with Crippen LogP contribution in [0.2, 0.25) is 0 Å². The normalized spacial score (nSPS) is 21.6. The van der Waals surface area contributed by atoms with Gasteiger partial charge in [-0.3, -0.25) is 9.69 Å². The van der Waals surface area contributed by atoms with E-state index in [0.717, 1.165) is 32.0 Å². The third kappa shape index (κ3) is 3.13. The van der Waals surface area contributed by atoms with Crippen molar-refractivity contribution in [2.75, 3.05) is 40.8 Å². The molecule has 1 unspecified atom stereocenters. The Morgan fingerprint density at radius 2 is 2.16 bits per heavy atom. The Bertz CT molecular complexity index is 442. The van der Waals surface area contributed by atoms with E-state index in [9.17, 15) is 4.79 Å². The predicted octanol–water partition coefficient (Wildman–Crippen LogP) is -0.376. The smallest absolute Gasteiger partial charge is 0.240 e. The van der Waals surface area contributed by atoms with Crippen molar-refractivity contribution in [1.29, 1.82) is 0 Å². The zero-order valence-electron chi connectivity index (χ0n) is 12.2. The molecular formula is C13H23N5O. The van der Waals surface area contributed by atoms with Crippen LogP contribution in [0.25, 0.3) is 0 Å². The van der Waals surface area contributed by atoms with Crippen LogP contribution >= 0.6 is 0 Å². The number of aryl methyl sites for hydroxylation is 1. The lowest BCUT2D eigenvalue weighted by atomic mass is 10.1. The number of nitrogens with zero attached hydrogens (tertiary/aromatic N) is 5. The second-order valence-corrected chi connectivity index (χ2v) is 5.44. The number of piperazine rings is 1. The highest BCUT2D eigenvalue weighted by atomic mass is 16.2. The molecule has 1 aromatic rings. The molecule has 0 saturated carbocycles. The molecule has 1 atom stereocenters. The van der Waals surface area contributed by atoms with Gasteiger partial charge in [0.2, 0.25) is 5.91 Å². The number of likely N-dealkylation sites (N-methyl/N-ethyl adjacent to an activating group) is 2. The van der Waals surface area contributed by atoms with E-state index in [4.69, 9.17) is 0 Å². The van der Waals surface area contributed by atoms with Crippen molar-refractivity contribution >= 4 is 5.91 Å². The third-order valence-electron chi connectivity index (χ3n) is 3.69. The summed E-state index contributed by atoms with van der Waals surface area (Å²) in [5.41, 5.74) is 0. The van der Waals surface area contributed by atoms with Crippen LogP contribution in [0.3, 0.4) is 0 Å². The summed E-state index contributed by atoms with van der Waals surface area (Å²) in [6, 6.07) is -0.0783. The molecule has 106 valence electrons. The summed E-state index contributed by atoms with van der Waals surface area (Å²) in [5, 5.41) is 0. The van der Waals surface area contributed by atoms with E-state index in [2.05, 4.69) is 21.8 Å². The molecule has 1 aliphatic heterocycles. The van der Waals surface area contributed by atoms with E-state index in [1.807, 2.05) is 31.9 Å². The Morgan fingerprint density at radius 1 is 1.42 bits per heavy atom. The van der Waals surface area contributed by atoms with Crippen molar-refractivity contribution in [2.24, 2.45) is 7.05 Å². The van der Waals surface area contributed by atoms with Gasteiger partial charge in [0.1, 0.15) is 11.9 Å². The molecule has 2 rings (SSSR count). The number of carbonyl (C=O) groups excluding carboxylic acids is 1. The van der Waals surface area contributed by atoms with Crippen molar-refractivity contribution in [3.8, 4) is 0 Å². The molecule has 0 bridgehead atoms. The quantitative estimate of drug-likeness (QED) is 0.748. The Kier molecular flexibility index (Phi) is 4.21. The van der Waals surface area contributed by atoms with Crippen LogP contribution in [0.4, 0.5) is 0 Å². The number of aromatic nitrogens is 2. The average molecular weight is 265 g/mol. The van der Waals surface area contributed by atoms with Gasteiger partial charge < -0.3 is 14.4 Å². The van der Waals surface area contributed by atoms with Gasteiger partial charge in [0.05, 0.1) is 6.54 Å². The fraction of sp³-hybridized carbons (Fsp3) is 0.692. The predicted molar refractivity (Wildman–Crippen MR) is 73.6 cm³/mol. The van der Waals surface area contributed by atoms with E-state index >= 15 is 0 Å². The summed E-state index contributed by atoms with van der Waals surface area (Å²) in [5.74, 6) is 1.17. The Labute approximate surface area is 114 Å². The molecule has 1 fully saturated rings. The van der Waals surface area contributed by atoms with Crippen LogP contribution in [0.1, 0.15) is 5.82 Å². The monoisotopic (exact) mass is 265 g/mol. The lowest BCUT2D eigenvalue weighted by Crippen LogP contribution is -2.57. The lowest BCUT2D eigenvalue weighted by Gasteiger charge is -2.39. The number of hydrogen-bond donors (Lipinski definition) is 0. The van der Waals surface area contributed by atoms with E-state index in [1.54, 1.807) is 11.1 Å². The summed E-state index contributed by atoms with van der Waals surface area (Å²) in [6.07, 6.45) is 3.74. The highest BCUT2D eigenvalue weighted by Gasteiger charge is 2.32. The van der Waals surface area contributed by atoms with Crippen molar-refractivity contribution in [3.05, 3.63) is 18.2 Å². The molecule has 6 nitrogen and oxygen atoms in total. The van der Waals surface area contributed by atoms with Crippen LogP contribution in [-0.2, 0) is 18.4 Å². The molecular weight excluding hydrogens is 242 g/mol. The maximum absolute atomic E-state index is 12.3. The maximum Gasteiger partial charge on any atom is 0.240 e. The molecule has 1 amide bonds. The SMILES string of the molecule is CN1CCN(Cc2nccn2C)C(C(=O)N(C)C)C1. The van der Waals surface area contributed by atoms with E-state index in [0.29, 0.717) is 0 Å². The summed E-state index contributed by atoms with van der Waals surface area (Å²) in [4.78, 5) is 22.8. The first kappa shape index (κ1) is 14.0. The van der Waals surface area contributed by atoms with Gasteiger partial charge in [-0.15, -0.1) is 0 Å². The van der Waals surface area contributed by atoms with Crippen LogP contribution in [-0.4, -0.2) is 77.0 Å². The summed E-state index contributed by atoms with van der Waals surface area (Å²) in [7, 11) is 7.68. The summed E-state index contributed by atoms with van der Waals surface area (Å²) < 4.78 is 2.01. The second-order valence-electron chi connectivity index (χ2n) is 5.44. The average Bonchev–Trinajstić information content (AvgIpc) is 2.76. The molecule has 1 aliphatic rings. The molecule has 2 heterocycles.